The largest absolute Gasteiger partial charge is 0.494 e. The second kappa shape index (κ2) is 2.79. The Kier molecular flexibility index (Phi) is 1.64. The van der Waals surface area contributed by atoms with Gasteiger partial charge in [0.2, 0.25) is 0 Å². The Bertz CT molecular complexity index is 481. The summed E-state index contributed by atoms with van der Waals surface area (Å²) in [5.74, 6) is 0.509. The lowest BCUT2D eigenvalue weighted by molar-refractivity contribution is 0.412. The molecule has 0 amide bonds. The van der Waals surface area contributed by atoms with Crippen LogP contribution >= 0.6 is 0 Å². The lowest BCUT2D eigenvalue weighted by Crippen LogP contribution is -1.91. The molecule has 2 rings (SSSR count). The molecule has 0 bridgehead atoms. The van der Waals surface area contributed by atoms with E-state index in [-0.39, 0.29) is 0 Å². The zero-order valence-corrected chi connectivity index (χ0v) is 7.03. The van der Waals surface area contributed by atoms with Gasteiger partial charge in [-0.05, 0) is 12.1 Å². The van der Waals surface area contributed by atoms with Crippen LogP contribution in [0.1, 0.15) is 5.69 Å². The van der Waals surface area contributed by atoms with E-state index < -0.39 is 0 Å². The number of fused-ring (bicyclic) bond motifs is 1. The Balaban J connectivity index is 2.76. The molecule has 0 atom stereocenters. The minimum atomic E-state index is 0.303. The fourth-order valence-electron chi connectivity index (χ4n) is 1.20. The van der Waals surface area contributed by atoms with Crippen molar-refractivity contribution in [1.29, 1.82) is 5.26 Å². The van der Waals surface area contributed by atoms with Crippen molar-refractivity contribution in [2.75, 3.05) is 7.11 Å². The highest BCUT2D eigenvalue weighted by molar-refractivity contribution is 5.78. The summed E-state index contributed by atoms with van der Waals surface area (Å²) < 4.78 is 5.01. The van der Waals surface area contributed by atoms with Crippen LogP contribution in [0.25, 0.3) is 11.0 Å². The molecule has 0 aliphatic heterocycles. The van der Waals surface area contributed by atoms with Gasteiger partial charge in [0.25, 0.3) is 0 Å². The van der Waals surface area contributed by atoms with E-state index in [1.807, 2.05) is 12.1 Å². The van der Waals surface area contributed by atoms with Gasteiger partial charge in [-0.15, -0.1) is 0 Å². The molecular weight excluding hydrogens is 166 g/mol. The third-order valence-electron chi connectivity index (χ3n) is 1.83. The zero-order valence-electron chi connectivity index (χ0n) is 7.03. The van der Waals surface area contributed by atoms with Gasteiger partial charge in [0.15, 0.2) is 11.4 Å². The molecule has 0 fully saturated rings. The van der Waals surface area contributed by atoms with Crippen molar-refractivity contribution in [3.8, 4) is 11.8 Å². The molecule has 2 aromatic heterocycles. The van der Waals surface area contributed by atoms with Crippen molar-refractivity contribution < 1.29 is 4.74 Å². The number of pyridine rings is 1. The normalized spacial score (nSPS) is 9.85. The molecule has 64 valence electrons. The number of nitrogens with zero attached hydrogens (tertiary/aromatic N) is 2. The van der Waals surface area contributed by atoms with Gasteiger partial charge in [-0.3, -0.25) is 0 Å². The maximum Gasteiger partial charge on any atom is 0.184 e. The molecule has 0 saturated heterocycles. The number of rotatable bonds is 1. The zero-order chi connectivity index (χ0) is 9.26. The minimum absolute atomic E-state index is 0.303. The summed E-state index contributed by atoms with van der Waals surface area (Å²) in [7, 11) is 1.52. The highest BCUT2D eigenvalue weighted by Crippen LogP contribution is 2.20. The first-order valence-corrected chi connectivity index (χ1v) is 3.77. The van der Waals surface area contributed by atoms with E-state index in [4.69, 9.17) is 10.00 Å². The second-order valence-corrected chi connectivity index (χ2v) is 2.57. The molecule has 0 saturated carbocycles. The molecule has 0 aliphatic carbocycles. The quantitative estimate of drug-likeness (QED) is 0.709. The van der Waals surface area contributed by atoms with Gasteiger partial charge in [-0.25, -0.2) is 4.98 Å². The Morgan fingerprint density at radius 2 is 2.46 bits per heavy atom. The van der Waals surface area contributed by atoms with Crippen molar-refractivity contribution in [2.45, 2.75) is 0 Å². The molecule has 0 spiro atoms. The molecule has 2 aromatic rings. The Hall–Kier alpha value is -2.02. The molecule has 0 radical (unpaired) electrons. The van der Waals surface area contributed by atoms with Crippen LogP contribution in [0.3, 0.4) is 0 Å². The van der Waals surface area contributed by atoms with Gasteiger partial charge in [0.1, 0.15) is 11.7 Å². The highest BCUT2D eigenvalue weighted by atomic mass is 16.5. The van der Waals surface area contributed by atoms with Gasteiger partial charge < -0.3 is 9.72 Å². The summed E-state index contributed by atoms with van der Waals surface area (Å²) in [6.07, 6.45) is 1.78. The van der Waals surface area contributed by atoms with Crippen LogP contribution in [0.2, 0.25) is 0 Å². The van der Waals surface area contributed by atoms with E-state index in [1.54, 1.807) is 12.3 Å². The molecule has 1 N–H and O–H groups in total. The van der Waals surface area contributed by atoms with Crippen molar-refractivity contribution in [3.63, 3.8) is 0 Å². The molecule has 4 nitrogen and oxygen atoms in total. The summed E-state index contributed by atoms with van der Waals surface area (Å²) in [6, 6.07) is 5.64. The van der Waals surface area contributed by atoms with Crippen molar-refractivity contribution in [3.05, 3.63) is 24.0 Å². The molecule has 0 unspecified atom stereocenters. The number of hydrogen-bond donors (Lipinski definition) is 1. The maximum absolute atomic E-state index is 8.74. The molecular formula is C9H7N3O. The van der Waals surface area contributed by atoms with Crippen LogP contribution in [-0.2, 0) is 0 Å². The fraction of sp³-hybridized carbons (Fsp3) is 0.111. The molecule has 2 heterocycles. The van der Waals surface area contributed by atoms with Gasteiger partial charge >= 0.3 is 0 Å². The summed E-state index contributed by atoms with van der Waals surface area (Å²) in [6.45, 7) is 0. The van der Waals surface area contributed by atoms with E-state index in [0.717, 1.165) is 5.39 Å². The van der Waals surface area contributed by atoms with Gasteiger partial charge in [-0.2, -0.15) is 5.26 Å². The average molecular weight is 173 g/mol. The van der Waals surface area contributed by atoms with Crippen LogP contribution in [-0.4, -0.2) is 17.1 Å². The SMILES string of the molecule is COc1cc2cc[nH]c2nc1C#N. The minimum Gasteiger partial charge on any atom is -0.494 e. The lowest BCUT2D eigenvalue weighted by Gasteiger charge is -2.00. The van der Waals surface area contributed by atoms with Crippen molar-refractivity contribution >= 4 is 11.0 Å². The standard InChI is InChI=1S/C9H7N3O/c1-13-8-4-6-2-3-11-9(6)12-7(8)5-10/h2-4H,1H3,(H,11,12). The van der Waals surface area contributed by atoms with Crippen molar-refractivity contribution in [2.24, 2.45) is 0 Å². The first kappa shape index (κ1) is 7.62. The first-order valence-electron chi connectivity index (χ1n) is 3.77. The topological polar surface area (TPSA) is 61.7 Å². The third-order valence-corrected chi connectivity index (χ3v) is 1.83. The Morgan fingerprint density at radius 1 is 1.62 bits per heavy atom. The van der Waals surface area contributed by atoms with Crippen LogP contribution in [0.4, 0.5) is 0 Å². The van der Waals surface area contributed by atoms with E-state index in [2.05, 4.69) is 9.97 Å². The van der Waals surface area contributed by atoms with Crippen LogP contribution in [0.15, 0.2) is 18.3 Å². The number of aromatic nitrogens is 2. The summed E-state index contributed by atoms with van der Waals surface area (Å²) >= 11 is 0. The summed E-state index contributed by atoms with van der Waals surface area (Å²) in [5, 5.41) is 9.68. The first-order chi connectivity index (χ1) is 6.35. The van der Waals surface area contributed by atoms with E-state index in [1.165, 1.54) is 7.11 Å². The second-order valence-electron chi connectivity index (χ2n) is 2.57. The highest BCUT2D eigenvalue weighted by Gasteiger charge is 2.06. The number of ether oxygens (including phenoxy) is 1. The number of aromatic amines is 1. The van der Waals surface area contributed by atoms with Gasteiger partial charge in [-0.1, -0.05) is 0 Å². The molecule has 0 aliphatic rings. The van der Waals surface area contributed by atoms with Crippen LogP contribution in [0, 0.1) is 11.3 Å². The third kappa shape index (κ3) is 1.11. The van der Waals surface area contributed by atoms with E-state index in [9.17, 15) is 0 Å². The number of H-pyrrole nitrogens is 1. The maximum atomic E-state index is 8.74. The Morgan fingerprint density at radius 3 is 3.15 bits per heavy atom. The van der Waals surface area contributed by atoms with E-state index >= 15 is 0 Å². The molecule has 4 heteroatoms. The summed E-state index contributed by atoms with van der Waals surface area (Å²) in [4.78, 5) is 7.01. The Labute approximate surface area is 74.8 Å². The predicted molar refractivity (Wildman–Crippen MR) is 47.4 cm³/mol. The molecule has 0 aromatic carbocycles. The molecule has 13 heavy (non-hydrogen) atoms. The van der Waals surface area contributed by atoms with Gasteiger partial charge in [0.05, 0.1) is 7.11 Å². The van der Waals surface area contributed by atoms with Crippen molar-refractivity contribution in [1.82, 2.24) is 9.97 Å². The average Bonchev–Trinajstić information content (AvgIpc) is 2.62. The van der Waals surface area contributed by atoms with Crippen LogP contribution in [0.5, 0.6) is 5.75 Å². The predicted octanol–water partition coefficient (Wildman–Crippen LogP) is 1.44. The number of nitriles is 1. The monoisotopic (exact) mass is 173 g/mol. The van der Waals surface area contributed by atoms with E-state index in [0.29, 0.717) is 17.1 Å². The summed E-state index contributed by atoms with van der Waals surface area (Å²) in [5.41, 5.74) is 1.01. The number of hydrogen-bond acceptors (Lipinski definition) is 3. The smallest absolute Gasteiger partial charge is 0.184 e. The lowest BCUT2D eigenvalue weighted by atomic mass is 10.3. The van der Waals surface area contributed by atoms with Gasteiger partial charge in [0, 0.05) is 11.6 Å². The fourth-order valence-corrected chi connectivity index (χ4v) is 1.20. The number of methoxy groups -OCH3 is 1. The van der Waals surface area contributed by atoms with Crippen LogP contribution < -0.4 is 4.74 Å². The number of nitrogens with one attached hydrogen (secondary N) is 1.